The first kappa shape index (κ1) is 21.4. The van der Waals surface area contributed by atoms with E-state index in [1.165, 1.54) is 18.7 Å². The first-order valence-electron chi connectivity index (χ1n) is 8.52. The Kier molecular flexibility index (Phi) is 8.01. The number of carbonyl (C=O) groups excluding carboxylic acids is 2. The van der Waals surface area contributed by atoms with Crippen LogP contribution >= 0.6 is 11.8 Å². The monoisotopic (exact) mass is 404 g/mol. The van der Waals surface area contributed by atoms with Crippen molar-refractivity contribution in [3.63, 3.8) is 0 Å². The smallest absolute Gasteiger partial charge is 0.230 e. The standard InChI is InChI=1S/C20H24N2O5S/c1-13(23)22-15-5-7-16(8-6-15)28-12-20(24)21-11-14-9-18(26-3)19(27-4)10-17(14)25-2/h5-10H,11-12H2,1-4H3,(H,21,24)(H,22,23). The van der Waals surface area contributed by atoms with Gasteiger partial charge in [-0.2, -0.15) is 0 Å². The van der Waals surface area contributed by atoms with Gasteiger partial charge in [0, 0.05) is 35.7 Å². The summed E-state index contributed by atoms with van der Waals surface area (Å²) in [6.45, 7) is 1.77. The number of carbonyl (C=O) groups is 2. The third kappa shape index (κ3) is 6.09. The van der Waals surface area contributed by atoms with E-state index in [0.29, 0.717) is 23.8 Å². The molecule has 0 aliphatic rings. The minimum absolute atomic E-state index is 0.104. The van der Waals surface area contributed by atoms with Crippen LogP contribution in [0.4, 0.5) is 5.69 Å². The highest BCUT2D eigenvalue weighted by Crippen LogP contribution is 2.34. The Bertz CT molecular complexity index is 824. The average Bonchev–Trinajstić information content (AvgIpc) is 2.70. The normalized spacial score (nSPS) is 10.1. The first-order valence-corrected chi connectivity index (χ1v) is 9.51. The molecule has 8 heteroatoms. The van der Waals surface area contributed by atoms with Crippen LogP contribution in [0.15, 0.2) is 41.3 Å². The third-order valence-electron chi connectivity index (χ3n) is 3.81. The van der Waals surface area contributed by atoms with Gasteiger partial charge in [0.2, 0.25) is 11.8 Å². The molecule has 28 heavy (non-hydrogen) atoms. The number of methoxy groups -OCH3 is 3. The molecule has 0 spiro atoms. The molecule has 0 bridgehead atoms. The van der Waals surface area contributed by atoms with Crippen molar-refractivity contribution in [1.29, 1.82) is 0 Å². The van der Waals surface area contributed by atoms with Gasteiger partial charge in [-0.05, 0) is 30.3 Å². The Labute approximate surface area is 168 Å². The van der Waals surface area contributed by atoms with E-state index >= 15 is 0 Å². The topological polar surface area (TPSA) is 85.9 Å². The Morgan fingerprint density at radius 2 is 1.54 bits per heavy atom. The molecule has 0 saturated carbocycles. The molecule has 2 aromatic rings. The maximum Gasteiger partial charge on any atom is 0.230 e. The van der Waals surface area contributed by atoms with Gasteiger partial charge in [-0.15, -0.1) is 11.8 Å². The van der Waals surface area contributed by atoms with E-state index in [2.05, 4.69) is 10.6 Å². The highest BCUT2D eigenvalue weighted by Gasteiger charge is 2.13. The van der Waals surface area contributed by atoms with Gasteiger partial charge in [-0.1, -0.05) is 0 Å². The highest BCUT2D eigenvalue weighted by molar-refractivity contribution is 8.00. The summed E-state index contributed by atoms with van der Waals surface area (Å²) in [5, 5.41) is 5.58. The van der Waals surface area contributed by atoms with Crippen LogP contribution in [0.25, 0.3) is 0 Å². The molecule has 0 unspecified atom stereocenters. The molecule has 0 radical (unpaired) electrons. The van der Waals surface area contributed by atoms with Crippen molar-refractivity contribution in [3.8, 4) is 17.2 Å². The quantitative estimate of drug-likeness (QED) is 0.625. The molecular formula is C20H24N2O5S. The van der Waals surface area contributed by atoms with Crippen LogP contribution in [0.3, 0.4) is 0 Å². The van der Waals surface area contributed by atoms with E-state index in [9.17, 15) is 9.59 Å². The minimum atomic E-state index is -0.120. The second-order valence-corrected chi connectivity index (χ2v) is 6.84. The van der Waals surface area contributed by atoms with E-state index < -0.39 is 0 Å². The zero-order valence-electron chi connectivity index (χ0n) is 16.3. The van der Waals surface area contributed by atoms with Gasteiger partial charge in [-0.3, -0.25) is 9.59 Å². The van der Waals surface area contributed by atoms with Crippen molar-refractivity contribution in [1.82, 2.24) is 5.32 Å². The molecule has 2 rings (SSSR count). The minimum Gasteiger partial charge on any atom is -0.496 e. The molecular weight excluding hydrogens is 380 g/mol. The highest BCUT2D eigenvalue weighted by atomic mass is 32.2. The molecule has 0 aliphatic heterocycles. The third-order valence-corrected chi connectivity index (χ3v) is 4.82. The summed E-state index contributed by atoms with van der Waals surface area (Å²) in [7, 11) is 4.67. The molecule has 150 valence electrons. The van der Waals surface area contributed by atoms with Crippen LogP contribution < -0.4 is 24.8 Å². The molecule has 0 fully saturated rings. The molecule has 7 nitrogen and oxygen atoms in total. The average molecular weight is 404 g/mol. The Morgan fingerprint density at radius 1 is 0.929 bits per heavy atom. The zero-order valence-corrected chi connectivity index (χ0v) is 17.1. The Morgan fingerprint density at radius 3 is 2.11 bits per heavy atom. The number of ether oxygens (including phenoxy) is 3. The van der Waals surface area contributed by atoms with Crippen molar-refractivity contribution < 1.29 is 23.8 Å². The molecule has 2 N–H and O–H groups in total. The van der Waals surface area contributed by atoms with Crippen molar-refractivity contribution >= 4 is 29.3 Å². The fourth-order valence-corrected chi connectivity index (χ4v) is 3.19. The van der Waals surface area contributed by atoms with E-state index in [1.807, 2.05) is 12.1 Å². The second-order valence-electron chi connectivity index (χ2n) is 5.79. The summed E-state index contributed by atoms with van der Waals surface area (Å²) in [6, 6.07) is 10.8. The van der Waals surface area contributed by atoms with Crippen molar-refractivity contribution in [2.24, 2.45) is 0 Å². The predicted octanol–water partition coefficient (Wildman–Crippen LogP) is 3.08. The van der Waals surface area contributed by atoms with Crippen LogP contribution in [0.1, 0.15) is 12.5 Å². The van der Waals surface area contributed by atoms with Crippen LogP contribution in [0.2, 0.25) is 0 Å². The summed E-state index contributed by atoms with van der Waals surface area (Å²) in [6.07, 6.45) is 0. The maximum atomic E-state index is 12.2. The zero-order chi connectivity index (χ0) is 20.5. The number of anilines is 1. The lowest BCUT2D eigenvalue weighted by Gasteiger charge is -2.14. The Hall–Kier alpha value is -2.87. The van der Waals surface area contributed by atoms with Crippen molar-refractivity contribution in [3.05, 3.63) is 42.0 Å². The van der Waals surface area contributed by atoms with E-state index in [-0.39, 0.29) is 17.6 Å². The first-order chi connectivity index (χ1) is 13.5. The maximum absolute atomic E-state index is 12.2. The molecule has 0 aromatic heterocycles. The Balaban J connectivity index is 1.91. The molecule has 0 atom stereocenters. The number of amides is 2. The number of hydrogen-bond donors (Lipinski definition) is 2. The molecule has 0 saturated heterocycles. The molecule has 2 aromatic carbocycles. The molecule has 2 amide bonds. The largest absolute Gasteiger partial charge is 0.496 e. The number of nitrogens with one attached hydrogen (secondary N) is 2. The van der Waals surface area contributed by atoms with Crippen LogP contribution in [-0.2, 0) is 16.1 Å². The van der Waals surface area contributed by atoms with Gasteiger partial charge in [0.15, 0.2) is 11.5 Å². The fourth-order valence-electron chi connectivity index (χ4n) is 2.46. The van der Waals surface area contributed by atoms with E-state index in [4.69, 9.17) is 14.2 Å². The van der Waals surface area contributed by atoms with Gasteiger partial charge < -0.3 is 24.8 Å². The molecule has 0 aliphatic carbocycles. The van der Waals surface area contributed by atoms with Crippen LogP contribution in [0, 0.1) is 0 Å². The van der Waals surface area contributed by atoms with Gasteiger partial charge in [-0.25, -0.2) is 0 Å². The summed E-state index contributed by atoms with van der Waals surface area (Å²) < 4.78 is 15.9. The predicted molar refractivity (Wildman–Crippen MR) is 109 cm³/mol. The van der Waals surface area contributed by atoms with Crippen molar-refractivity contribution in [2.75, 3.05) is 32.4 Å². The van der Waals surface area contributed by atoms with E-state index in [1.54, 1.807) is 45.6 Å². The molecule has 0 heterocycles. The van der Waals surface area contributed by atoms with E-state index in [0.717, 1.165) is 16.1 Å². The lowest BCUT2D eigenvalue weighted by atomic mass is 10.1. The number of rotatable bonds is 9. The summed E-state index contributed by atoms with van der Waals surface area (Å²) >= 11 is 1.41. The number of hydrogen-bond acceptors (Lipinski definition) is 6. The van der Waals surface area contributed by atoms with Gasteiger partial charge >= 0.3 is 0 Å². The van der Waals surface area contributed by atoms with Gasteiger partial charge in [0.05, 0.1) is 27.1 Å². The number of benzene rings is 2. The van der Waals surface area contributed by atoms with Crippen molar-refractivity contribution in [2.45, 2.75) is 18.4 Å². The second kappa shape index (κ2) is 10.5. The van der Waals surface area contributed by atoms with Crippen LogP contribution in [0.5, 0.6) is 17.2 Å². The van der Waals surface area contributed by atoms with Gasteiger partial charge in [0.25, 0.3) is 0 Å². The lowest BCUT2D eigenvalue weighted by molar-refractivity contribution is -0.118. The summed E-state index contributed by atoms with van der Waals surface area (Å²) in [4.78, 5) is 24.2. The SMILES string of the molecule is COc1cc(OC)c(OC)cc1CNC(=O)CSc1ccc(NC(C)=O)cc1. The van der Waals surface area contributed by atoms with Crippen LogP contribution in [-0.4, -0.2) is 38.9 Å². The number of thioether (sulfide) groups is 1. The van der Waals surface area contributed by atoms with Gasteiger partial charge in [0.1, 0.15) is 5.75 Å². The summed E-state index contributed by atoms with van der Waals surface area (Å²) in [5.74, 6) is 1.79. The summed E-state index contributed by atoms with van der Waals surface area (Å²) in [5.41, 5.74) is 1.51. The lowest BCUT2D eigenvalue weighted by Crippen LogP contribution is -2.24. The fraction of sp³-hybridized carbons (Fsp3) is 0.300.